The second kappa shape index (κ2) is 10.2. The zero-order chi connectivity index (χ0) is 19.8. The molecule has 8 nitrogen and oxygen atoms in total. The molecule has 1 aliphatic heterocycles. The number of carbonyl (C=O) groups excluding carboxylic acids is 1. The fourth-order valence-electron chi connectivity index (χ4n) is 3.21. The lowest BCUT2D eigenvalue weighted by atomic mass is 9.96. The maximum atomic E-state index is 12.5. The van der Waals surface area contributed by atoms with Crippen LogP contribution in [0.3, 0.4) is 0 Å². The van der Waals surface area contributed by atoms with E-state index in [4.69, 9.17) is 14.0 Å². The van der Waals surface area contributed by atoms with Crippen LogP contribution in [0.1, 0.15) is 43.0 Å². The number of likely N-dealkylation sites (tertiary alicyclic amines) is 1. The Morgan fingerprint density at radius 2 is 2.14 bits per heavy atom. The summed E-state index contributed by atoms with van der Waals surface area (Å²) >= 11 is 0. The number of anilines is 1. The number of hydrogen-bond donors (Lipinski definition) is 1. The zero-order valence-corrected chi connectivity index (χ0v) is 16.5. The molecule has 2 heterocycles. The summed E-state index contributed by atoms with van der Waals surface area (Å²) in [5.74, 6) is 1.37. The lowest BCUT2D eigenvalue weighted by molar-refractivity contribution is 0.0494. The fourth-order valence-corrected chi connectivity index (χ4v) is 3.21. The highest BCUT2D eigenvalue weighted by Gasteiger charge is 2.27. The van der Waals surface area contributed by atoms with Crippen molar-refractivity contribution in [2.75, 3.05) is 38.7 Å². The number of methoxy groups -OCH3 is 1. The first-order valence-corrected chi connectivity index (χ1v) is 9.73. The summed E-state index contributed by atoms with van der Waals surface area (Å²) in [7, 11) is 1.63. The van der Waals surface area contributed by atoms with Gasteiger partial charge in [0, 0.05) is 31.8 Å². The van der Waals surface area contributed by atoms with Gasteiger partial charge in [-0.3, -0.25) is 0 Å². The van der Waals surface area contributed by atoms with Crippen LogP contribution in [0.15, 0.2) is 28.8 Å². The average Bonchev–Trinajstić information content (AvgIpc) is 3.20. The molecule has 1 saturated heterocycles. The van der Waals surface area contributed by atoms with Crippen LogP contribution in [-0.2, 0) is 22.5 Å². The van der Waals surface area contributed by atoms with Crippen molar-refractivity contribution in [1.82, 2.24) is 15.0 Å². The summed E-state index contributed by atoms with van der Waals surface area (Å²) in [6.45, 7) is 4.73. The van der Waals surface area contributed by atoms with E-state index >= 15 is 0 Å². The first-order valence-electron chi connectivity index (χ1n) is 9.73. The molecule has 0 bridgehead atoms. The van der Waals surface area contributed by atoms with Crippen LogP contribution < -0.4 is 5.32 Å². The van der Waals surface area contributed by atoms with Gasteiger partial charge in [-0.2, -0.15) is 4.98 Å². The monoisotopic (exact) mass is 388 g/mol. The molecule has 1 N–H and O–H groups in total. The highest BCUT2D eigenvalue weighted by atomic mass is 16.5. The Hall–Kier alpha value is -2.45. The van der Waals surface area contributed by atoms with Crippen LogP contribution in [0.2, 0.25) is 0 Å². The van der Waals surface area contributed by atoms with Crippen LogP contribution in [0.5, 0.6) is 0 Å². The number of nitrogens with zero attached hydrogens (tertiary/aromatic N) is 3. The number of aryl methyl sites for hydroxylation is 1. The van der Waals surface area contributed by atoms with Gasteiger partial charge in [-0.25, -0.2) is 4.79 Å². The van der Waals surface area contributed by atoms with Gasteiger partial charge in [-0.1, -0.05) is 24.2 Å². The number of amides is 2. The average molecular weight is 388 g/mol. The highest BCUT2D eigenvalue weighted by Crippen LogP contribution is 2.26. The van der Waals surface area contributed by atoms with Crippen molar-refractivity contribution in [2.45, 2.75) is 38.7 Å². The Morgan fingerprint density at radius 1 is 1.32 bits per heavy atom. The second-order valence-electron chi connectivity index (χ2n) is 6.84. The van der Waals surface area contributed by atoms with Gasteiger partial charge in [0.15, 0.2) is 5.82 Å². The lowest BCUT2D eigenvalue weighted by Crippen LogP contribution is -2.40. The van der Waals surface area contributed by atoms with E-state index in [1.807, 2.05) is 23.1 Å². The molecule has 0 spiro atoms. The van der Waals surface area contributed by atoms with Gasteiger partial charge in [-0.15, -0.1) is 0 Å². The molecule has 0 atom stereocenters. The van der Waals surface area contributed by atoms with Crippen molar-refractivity contribution >= 4 is 11.7 Å². The van der Waals surface area contributed by atoms with Crippen molar-refractivity contribution in [3.05, 3.63) is 41.5 Å². The number of carbonyl (C=O) groups is 1. The summed E-state index contributed by atoms with van der Waals surface area (Å²) in [4.78, 5) is 18.8. The third-order valence-electron chi connectivity index (χ3n) is 4.87. The van der Waals surface area contributed by atoms with E-state index in [9.17, 15) is 4.79 Å². The predicted octanol–water partition coefficient (Wildman–Crippen LogP) is 3.21. The van der Waals surface area contributed by atoms with E-state index in [0.717, 1.165) is 24.9 Å². The molecule has 3 rings (SSSR count). The van der Waals surface area contributed by atoms with Crippen LogP contribution >= 0.6 is 0 Å². The third kappa shape index (κ3) is 5.53. The number of rotatable bonds is 8. The van der Waals surface area contributed by atoms with E-state index in [1.165, 1.54) is 5.56 Å². The van der Waals surface area contributed by atoms with Crippen molar-refractivity contribution in [1.29, 1.82) is 0 Å². The molecule has 0 saturated carbocycles. The molecule has 2 amide bonds. The van der Waals surface area contributed by atoms with Gasteiger partial charge in [0.2, 0.25) is 0 Å². The summed E-state index contributed by atoms with van der Waals surface area (Å²) in [6, 6.07) is 7.89. The molecule has 152 valence electrons. The maximum absolute atomic E-state index is 12.5. The number of ether oxygens (including phenoxy) is 2. The number of urea groups is 1. The van der Waals surface area contributed by atoms with Gasteiger partial charge in [-0.05, 0) is 37.0 Å². The Balaban J connectivity index is 1.46. The summed E-state index contributed by atoms with van der Waals surface area (Å²) in [5, 5.41) is 7.07. The van der Waals surface area contributed by atoms with Gasteiger partial charge in [0.1, 0.15) is 6.61 Å². The normalized spacial score (nSPS) is 15.0. The minimum atomic E-state index is -0.0629. The molecule has 0 radical (unpaired) electrons. The van der Waals surface area contributed by atoms with Crippen LogP contribution in [0.4, 0.5) is 10.5 Å². The number of piperidine rings is 1. The summed E-state index contributed by atoms with van der Waals surface area (Å²) < 4.78 is 15.6. The lowest BCUT2D eigenvalue weighted by Gasteiger charge is -2.30. The Bertz CT molecular complexity index is 756. The molecule has 1 aromatic heterocycles. The minimum absolute atomic E-state index is 0.0629. The highest BCUT2D eigenvalue weighted by molar-refractivity contribution is 5.89. The molecule has 0 aliphatic carbocycles. The quantitative estimate of drug-likeness (QED) is 0.699. The standard InChI is InChI=1S/C20H28N4O4/c1-3-15-5-4-6-17(13-15)21-20(25)24-9-7-16(8-10-24)19-22-18(28-23-19)14-27-12-11-26-2/h4-6,13,16H,3,7-12,14H2,1-2H3,(H,21,25). The smallest absolute Gasteiger partial charge is 0.321 e. The number of nitrogens with one attached hydrogen (secondary N) is 1. The van der Waals surface area contributed by atoms with Crippen LogP contribution in [-0.4, -0.2) is 54.5 Å². The minimum Gasteiger partial charge on any atom is -0.382 e. The Labute approximate surface area is 165 Å². The van der Waals surface area contributed by atoms with Gasteiger partial charge in [0.05, 0.1) is 13.2 Å². The largest absolute Gasteiger partial charge is 0.382 e. The van der Waals surface area contributed by atoms with Crippen molar-refractivity contribution < 1.29 is 18.8 Å². The molecule has 1 fully saturated rings. The third-order valence-corrected chi connectivity index (χ3v) is 4.87. The van der Waals surface area contributed by atoms with E-state index < -0.39 is 0 Å². The van der Waals surface area contributed by atoms with Crippen LogP contribution in [0, 0.1) is 0 Å². The number of benzene rings is 1. The van der Waals surface area contributed by atoms with E-state index in [1.54, 1.807) is 7.11 Å². The molecular weight excluding hydrogens is 360 g/mol. The molecule has 1 aliphatic rings. The first-order chi connectivity index (χ1) is 13.7. The molecular formula is C20H28N4O4. The number of hydrogen-bond acceptors (Lipinski definition) is 6. The summed E-state index contributed by atoms with van der Waals surface area (Å²) in [5.41, 5.74) is 2.04. The molecule has 28 heavy (non-hydrogen) atoms. The molecule has 0 unspecified atom stereocenters. The van der Waals surface area contributed by atoms with Crippen molar-refractivity contribution in [2.24, 2.45) is 0 Å². The second-order valence-corrected chi connectivity index (χ2v) is 6.84. The van der Waals surface area contributed by atoms with E-state index in [-0.39, 0.29) is 18.6 Å². The molecule has 2 aromatic rings. The van der Waals surface area contributed by atoms with Gasteiger partial charge in [0.25, 0.3) is 5.89 Å². The van der Waals surface area contributed by atoms with Crippen LogP contribution in [0.25, 0.3) is 0 Å². The topological polar surface area (TPSA) is 89.7 Å². The SMILES string of the molecule is CCc1cccc(NC(=O)N2CCC(c3noc(COCCOC)n3)CC2)c1. The molecule has 1 aromatic carbocycles. The summed E-state index contributed by atoms with van der Waals surface area (Å²) in [6.07, 6.45) is 2.57. The van der Waals surface area contributed by atoms with Gasteiger partial charge >= 0.3 is 6.03 Å². The maximum Gasteiger partial charge on any atom is 0.321 e. The van der Waals surface area contributed by atoms with E-state index in [2.05, 4.69) is 28.4 Å². The fraction of sp³-hybridized carbons (Fsp3) is 0.550. The van der Waals surface area contributed by atoms with Crippen molar-refractivity contribution in [3.8, 4) is 0 Å². The van der Waals surface area contributed by atoms with Crippen molar-refractivity contribution in [3.63, 3.8) is 0 Å². The zero-order valence-electron chi connectivity index (χ0n) is 16.5. The Kier molecular flexibility index (Phi) is 7.39. The number of aromatic nitrogens is 2. The predicted molar refractivity (Wildman–Crippen MR) is 104 cm³/mol. The molecule has 8 heteroatoms. The first kappa shape index (κ1) is 20.3. The van der Waals surface area contributed by atoms with Gasteiger partial charge < -0.3 is 24.2 Å². The Morgan fingerprint density at radius 3 is 2.89 bits per heavy atom. The van der Waals surface area contributed by atoms with E-state index in [0.29, 0.717) is 38.0 Å².